The van der Waals surface area contributed by atoms with Gasteiger partial charge in [-0.05, 0) is 53.8 Å². The molecule has 0 saturated carbocycles. The van der Waals surface area contributed by atoms with Crippen LogP contribution in [0, 0.1) is 0 Å². The number of urea groups is 1. The summed E-state index contributed by atoms with van der Waals surface area (Å²) in [6.07, 6.45) is 1.13. The van der Waals surface area contributed by atoms with Gasteiger partial charge in [0, 0.05) is 18.7 Å². The summed E-state index contributed by atoms with van der Waals surface area (Å²) in [6.45, 7) is -0.0293. The van der Waals surface area contributed by atoms with Gasteiger partial charge in [-0.3, -0.25) is 14.4 Å². The Morgan fingerprint density at radius 2 is 1.66 bits per heavy atom. The van der Waals surface area contributed by atoms with E-state index in [2.05, 4.69) is 21.3 Å². The topological polar surface area (TPSA) is 157 Å². The molecule has 0 aromatic heterocycles. The van der Waals surface area contributed by atoms with Gasteiger partial charge in [0.1, 0.15) is 5.75 Å². The zero-order chi connectivity index (χ0) is 29.5. The maximum absolute atomic E-state index is 13.0. The second-order valence-electron chi connectivity index (χ2n) is 9.58. The van der Waals surface area contributed by atoms with Gasteiger partial charge in [0.05, 0.1) is 34.1 Å². The molecule has 4 rings (SSSR count). The van der Waals surface area contributed by atoms with Crippen LogP contribution in [-0.4, -0.2) is 46.6 Å². The number of carboxylic acid groups (broad SMARTS) is 1. The van der Waals surface area contributed by atoms with E-state index in [1.54, 1.807) is 12.1 Å². The van der Waals surface area contributed by atoms with Gasteiger partial charge in [0.15, 0.2) is 0 Å². The molecule has 4 amide bonds. The minimum Gasteiger partial charge on any atom is -0.508 e. The van der Waals surface area contributed by atoms with Crippen molar-refractivity contribution in [2.45, 2.75) is 37.9 Å². The first kappa shape index (κ1) is 29.7. The Morgan fingerprint density at radius 3 is 2.37 bits per heavy atom. The molecular formula is C29H28Cl2N4O6. The minimum atomic E-state index is -1.18. The van der Waals surface area contributed by atoms with Crippen molar-refractivity contribution >= 4 is 47.0 Å². The van der Waals surface area contributed by atoms with E-state index < -0.39 is 36.3 Å². The normalized spacial score (nSPS) is 14.4. The number of fused-ring (bicyclic) bond motifs is 1. The predicted octanol–water partition coefficient (Wildman–Crippen LogP) is 4.19. The zero-order valence-electron chi connectivity index (χ0n) is 21.7. The van der Waals surface area contributed by atoms with Crippen molar-refractivity contribution in [3.63, 3.8) is 0 Å². The van der Waals surface area contributed by atoms with Crippen LogP contribution in [-0.2, 0) is 17.8 Å². The monoisotopic (exact) mass is 598 g/mol. The van der Waals surface area contributed by atoms with Crippen LogP contribution in [0.4, 0.5) is 4.79 Å². The summed E-state index contributed by atoms with van der Waals surface area (Å²) in [6, 6.07) is 15.1. The number of rotatable bonds is 10. The van der Waals surface area contributed by atoms with E-state index in [0.29, 0.717) is 5.56 Å². The fourth-order valence-electron chi connectivity index (χ4n) is 4.65. The van der Waals surface area contributed by atoms with E-state index in [-0.39, 0.29) is 46.1 Å². The lowest BCUT2D eigenvalue weighted by Gasteiger charge is -2.20. The molecule has 1 aliphatic carbocycles. The maximum Gasteiger partial charge on any atom is 0.315 e. The quantitative estimate of drug-likeness (QED) is 0.205. The van der Waals surface area contributed by atoms with Crippen molar-refractivity contribution in [3.8, 4) is 5.75 Å². The summed E-state index contributed by atoms with van der Waals surface area (Å²) in [7, 11) is 0. The van der Waals surface area contributed by atoms with E-state index in [0.717, 1.165) is 18.4 Å². The molecule has 12 heteroatoms. The lowest BCUT2D eigenvalue weighted by Crippen LogP contribution is -2.47. The summed E-state index contributed by atoms with van der Waals surface area (Å²) in [5.74, 6) is -2.38. The van der Waals surface area contributed by atoms with Crippen molar-refractivity contribution in [2.24, 2.45) is 0 Å². The Bertz CT molecular complexity index is 1460. The van der Waals surface area contributed by atoms with E-state index in [9.17, 15) is 29.4 Å². The first-order valence-electron chi connectivity index (χ1n) is 12.8. The highest BCUT2D eigenvalue weighted by atomic mass is 35.5. The van der Waals surface area contributed by atoms with Crippen LogP contribution in [0.3, 0.4) is 0 Å². The highest BCUT2D eigenvalue weighted by Gasteiger charge is 2.25. The smallest absolute Gasteiger partial charge is 0.315 e. The number of carboxylic acids is 1. The number of halogens is 2. The van der Waals surface area contributed by atoms with Gasteiger partial charge in [-0.2, -0.15) is 0 Å². The lowest BCUT2D eigenvalue weighted by molar-refractivity contribution is -0.137. The number of benzene rings is 3. The second kappa shape index (κ2) is 13.4. The van der Waals surface area contributed by atoms with Gasteiger partial charge in [0.25, 0.3) is 11.8 Å². The number of hydrogen-bond donors (Lipinski definition) is 6. The fourth-order valence-corrected chi connectivity index (χ4v) is 5.31. The van der Waals surface area contributed by atoms with Gasteiger partial charge < -0.3 is 31.5 Å². The summed E-state index contributed by atoms with van der Waals surface area (Å²) in [5, 5.41) is 29.4. The highest BCUT2D eigenvalue weighted by molar-refractivity contribution is 6.40. The standard InChI is InChI=1S/C29H28Cl2N4O6/c30-22-11-18(27(39)32-14-16-4-3-6-20(36)10-16)12-23(31)26(22)28(40)34-19(13-25(37)38)15-33-29(41)35-24-9-8-17-5-1-2-7-21(17)24/h1-7,10-12,19,24,36H,8-9,13-15H2,(H,32,39)(H,34,40)(H,37,38)(H2,33,35,41)/t19?,24-/m1/s1. The van der Waals surface area contributed by atoms with Crippen molar-refractivity contribution in [1.29, 1.82) is 0 Å². The van der Waals surface area contributed by atoms with Gasteiger partial charge in [-0.1, -0.05) is 59.6 Å². The fraction of sp³-hybridized carbons (Fsp3) is 0.241. The first-order chi connectivity index (χ1) is 19.6. The lowest BCUT2D eigenvalue weighted by atomic mass is 10.1. The van der Waals surface area contributed by atoms with Crippen LogP contribution in [0.1, 0.15) is 56.3 Å². The van der Waals surface area contributed by atoms with Crippen LogP contribution in [0.2, 0.25) is 10.0 Å². The number of nitrogens with one attached hydrogen (secondary N) is 4. The number of aliphatic carboxylic acids is 1. The molecule has 0 bridgehead atoms. The number of carbonyl (C=O) groups excluding carboxylic acids is 3. The number of aromatic hydroxyl groups is 1. The van der Waals surface area contributed by atoms with Crippen molar-refractivity contribution in [2.75, 3.05) is 6.54 Å². The number of hydrogen-bond acceptors (Lipinski definition) is 5. The number of carbonyl (C=O) groups is 4. The molecular weight excluding hydrogens is 571 g/mol. The molecule has 3 aromatic carbocycles. The van der Waals surface area contributed by atoms with Gasteiger partial charge in [-0.15, -0.1) is 0 Å². The average molecular weight is 599 g/mol. The molecule has 0 heterocycles. The molecule has 3 aromatic rings. The molecule has 10 nitrogen and oxygen atoms in total. The van der Waals surface area contributed by atoms with Crippen LogP contribution < -0.4 is 21.3 Å². The Kier molecular flexibility index (Phi) is 9.69. The third-order valence-electron chi connectivity index (χ3n) is 6.60. The van der Waals surface area contributed by atoms with Crippen molar-refractivity contribution in [3.05, 3.63) is 98.5 Å². The number of phenolic OH excluding ortho intramolecular Hbond substituents is 1. The molecule has 214 valence electrons. The van der Waals surface area contributed by atoms with Crippen LogP contribution in [0.15, 0.2) is 60.7 Å². The molecule has 41 heavy (non-hydrogen) atoms. The molecule has 0 saturated heterocycles. The number of amides is 4. The Morgan fingerprint density at radius 1 is 0.927 bits per heavy atom. The van der Waals surface area contributed by atoms with Crippen LogP contribution >= 0.6 is 23.2 Å². The second-order valence-corrected chi connectivity index (χ2v) is 10.4. The third-order valence-corrected chi connectivity index (χ3v) is 7.19. The van der Waals surface area contributed by atoms with Gasteiger partial charge >= 0.3 is 12.0 Å². The summed E-state index contributed by atoms with van der Waals surface area (Å²) < 4.78 is 0. The number of phenols is 1. The van der Waals surface area contributed by atoms with E-state index in [1.165, 1.54) is 29.8 Å². The number of aryl methyl sites for hydroxylation is 1. The first-order valence-corrected chi connectivity index (χ1v) is 13.6. The molecule has 0 radical (unpaired) electrons. The third kappa shape index (κ3) is 7.90. The van der Waals surface area contributed by atoms with E-state index in [4.69, 9.17) is 23.2 Å². The van der Waals surface area contributed by atoms with E-state index in [1.807, 2.05) is 24.3 Å². The largest absolute Gasteiger partial charge is 0.508 e. The van der Waals surface area contributed by atoms with Gasteiger partial charge in [-0.25, -0.2) is 4.79 Å². The van der Waals surface area contributed by atoms with Crippen molar-refractivity contribution in [1.82, 2.24) is 21.3 Å². The molecule has 6 N–H and O–H groups in total. The Balaban J connectivity index is 1.36. The maximum atomic E-state index is 13.0. The molecule has 1 unspecified atom stereocenters. The predicted molar refractivity (Wildman–Crippen MR) is 153 cm³/mol. The van der Waals surface area contributed by atoms with Gasteiger partial charge in [0.2, 0.25) is 0 Å². The summed E-state index contributed by atoms with van der Waals surface area (Å²) >= 11 is 12.6. The van der Waals surface area contributed by atoms with Crippen LogP contribution in [0.25, 0.3) is 0 Å². The summed E-state index contributed by atoms with van der Waals surface area (Å²) in [4.78, 5) is 49.6. The SMILES string of the molecule is O=C(O)CC(CNC(=O)N[C@@H]1CCc2ccccc21)NC(=O)c1c(Cl)cc(C(=O)NCc2cccc(O)c2)cc1Cl. The average Bonchev–Trinajstić information content (AvgIpc) is 3.32. The zero-order valence-corrected chi connectivity index (χ0v) is 23.3. The molecule has 2 atom stereocenters. The molecule has 0 aliphatic heterocycles. The summed E-state index contributed by atoms with van der Waals surface area (Å²) in [5.41, 5.74) is 2.85. The highest BCUT2D eigenvalue weighted by Crippen LogP contribution is 2.30. The molecule has 0 spiro atoms. The molecule has 0 fully saturated rings. The van der Waals surface area contributed by atoms with E-state index >= 15 is 0 Å². The minimum absolute atomic E-state index is 0.0647. The van der Waals surface area contributed by atoms with Crippen molar-refractivity contribution < 1.29 is 29.4 Å². The molecule has 1 aliphatic rings. The Hall–Kier alpha value is -4.28. The Labute approximate surface area is 246 Å². The van der Waals surface area contributed by atoms with Crippen LogP contribution in [0.5, 0.6) is 5.75 Å².